The molecular formula is C3H6O2S. The topological polar surface area (TPSA) is 25.8 Å². The molecule has 0 aromatic rings. The predicted octanol–water partition coefficient (Wildman–Crippen LogP) is -0.482. The standard InChI is InChI=1S/C3H6O2S/c4-5-1-2-6-3-5/h1-3H2. The molecule has 36 valence electrons. The van der Waals surface area contributed by atoms with E-state index in [1.165, 1.54) is 0 Å². The lowest BCUT2D eigenvalue weighted by atomic mass is 10.9. The molecule has 0 radical (unpaired) electrons. The molecule has 6 heavy (non-hydrogen) atoms. The molecule has 0 amide bonds. The molecule has 0 bridgehead atoms. The van der Waals surface area contributed by atoms with Crippen molar-refractivity contribution in [3.63, 3.8) is 0 Å². The van der Waals surface area contributed by atoms with Gasteiger partial charge in [0.1, 0.15) is 0 Å². The maximum absolute atomic E-state index is 10.1. The molecule has 0 N–H and O–H groups in total. The molecule has 1 aliphatic heterocycles. The van der Waals surface area contributed by atoms with Crippen LogP contribution >= 0.6 is 11.8 Å². The summed E-state index contributed by atoms with van der Waals surface area (Å²) in [5, 5.41) is 10.1. The maximum atomic E-state index is 10.1. The molecule has 2 nitrogen and oxygen atoms in total. The van der Waals surface area contributed by atoms with Gasteiger partial charge in [-0.3, -0.25) is 0 Å². The van der Waals surface area contributed by atoms with Crippen molar-refractivity contribution in [2.24, 2.45) is 0 Å². The molecule has 1 saturated heterocycles. The van der Waals surface area contributed by atoms with E-state index in [1.54, 1.807) is 16.3 Å². The van der Waals surface area contributed by atoms with Crippen molar-refractivity contribution in [1.82, 2.24) is 0 Å². The molecule has 0 unspecified atom stereocenters. The van der Waals surface area contributed by atoms with Gasteiger partial charge >= 0.3 is 0 Å². The van der Waals surface area contributed by atoms with Gasteiger partial charge in [-0.25, -0.2) is 0 Å². The number of hydrogen-bond donors (Lipinski definition) is 0. The first-order valence-corrected chi connectivity index (χ1v) is 2.98. The van der Waals surface area contributed by atoms with Gasteiger partial charge in [0.25, 0.3) is 0 Å². The van der Waals surface area contributed by atoms with Gasteiger partial charge in [-0.1, -0.05) is 11.8 Å². The van der Waals surface area contributed by atoms with Crippen LogP contribution in [-0.4, -0.2) is 18.3 Å². The van der Waals surface area contributed by atoms with E-state index in [1.807, 2.05) is 0 Å². The summed E-state index contributed by atoms with van der Waals surface area (Å²) in [5.74, 6) is 1.58. The molecule has 1 rings (SSSR count). The van der Waals surface area contributed by atoms with Crippen molar-refractivity contribution in [3.05, 3.63) is 0 Å². The fourth-order valence-electron chi connectivity index (χ4n) is 0.363. The van der Waals surface area contributed by atoms with Gasteiger partial charge in [0.2, 0.25) is 0 Å². The highest BCUT2D eigenvalue weighted by Crippen LogP contribution is 2.11. The van der Waals surface area contributed by atoms with Gasteiger partial charge < -0.3 is 9.78 Å². The summed E-state index contributed by atoms with van der Waals surface area (Å²) < 4.78 is 1.73. The molecule has 1 fully saturated rings. The van der Waals surface area contributed by atoms with Crippen molar-refractivity contribution in [2.75, 3.05) is 18.3 Å². The van der Waals surface area contributed by atoms with E-state index in [-0.39, 0.29) is 0 Å². The first kappa shape index (κ1) is 4.43. The maximum Gasteiger partial charge on any atom is 0.199 e. The first-order valence-electron chi connectivity index (χ1n) is 1.82. The fourth-order valence-corrected chi connectivity index (χ4v) is 1.09. The zero-order valence-corrected chi connectivity index (χ0v) is 4.16. The van der Waals surface area contributed by atoms with Crippen LogP contribution in [0.15, 0.2) is 0 Å². The van der Waals surface area contributed by atoms with E-state index in [2.05, 4.69) is 0 Å². The Morgan fingerprint density at radius 3 is 2.67 bits per heavy atom. The molecule has 0 aromatic carbocycles. The Hall–Kier alpha value is 0.270. The zero-order chi connectivity index (χ0) is 4.41. The lowest BCUT2D eigenvalue weighted by Gasteiger charge is -2.09. The van der Waals surface area contributed by atoms with Crippen molar-refractivity contribution in [3.8, 4) is 0 Å². The molecule has 1 aliphatic rings. The van der Waals surface area contributed by atoms with E-state index < -0.39 is 0 Å². The van der Waals surface area contributed by atoms with Crippen LogP contribution in [0.25, 0.3) is 0 Å². The van der Waals surface area contributed by atoms with Crippen LogP contribution in [0.3, 0.4) is 0 Å². The molecule has 0 atom stereocenters. The largest absolute Gasteiger partial charge is 0.533 e. The Morgan fingerprint density at radius 1 is 1.67 bits per heavy atom. The van der Waals surface area contributed by atoms with Gasteiger partial charge in [-0.15, -0.1) is 0 Å². The number of thioether (sulfide) groups is 1. The van der Waals surface area contributed by atoms with Gasteiger partial charge in [0.05, 0.1) is 5.75 Å². The minimum Gasteiger partial charge on any atom is -0.533 e. The Bertz CT molecular complexity index is 42.1. The normalized spacial score (nSPS) is 25.5. The number of rotatable bonds is 0. The molecular weight excluding hydrogens is 100 g/mol. The van der Waals surface area contributed by atoms with E-state index >= 15 is 0 Å². The van der Waals surface area contributed by atoms with Crippen LogP contribution in [0.5, 0.6) is 0 Å². The summed E-state index contributed by atoms with van der Waals surface area (Å²) in [6, 6.07) is 0. The lowest BCUT2D eigenvalue weighted by Crippen LogP contribution is -2.21. The SMILES string of the molecule is [O-][O+]1CCSC1. The monoisotopic (exact) mass is 106 g/mol. The van der Waals surface area contributed by atoms with Gasteiger partial charge in [-0.2, -0.15) is 0 Å². The average Bonchev–Trinajstić information content (AvgIpc) is 1.86. The van der Waals surface area contributed by atoms with E-state index in [0.717, 1.165) is 5.75 Å². The first-order chi connectivity index (χ1) is 2.89. The van der Waals surface area contributed by atoms with Crippen LogP contribution in [0.4, 0.5) is 0 Å². The Morgan fingerprint density at radius 2 is 2.50 bits per heavy atom. The third-order valence-electron chi connectivity index (χ3n) is 0.670. The third kappa shape index (κ3) is 0.864. The average molecular weight is 106 g/mol. The molecule has 0 aliphatic carbocycles. The van der Waals surface area contributed by atoms with Crippen LogP contribution in [-0.2, 0) is 4.52 Å². The second-order valence-electron chi connectivity index (χ2n) is 1.17. The fraction of sp³-hybridized carbons (Fsp3) is 1.00. The van der Waals surface area contributed by atoms with Crippen LogP contribution in [0.1, 0.15) is 0 Å². The summed E-state index contributed by atoms with van der Waals surface area (Å²) in [6.45, 7) is 0.644. The Balaban J connectivity index is 2.18. The van der Waals surface area contributed by atoms with Crippen molar-refractivity contribution in [1.29, 1.82) is 0 Å². The molecule has 0 aromatic heterocycles. The summed E-state index contributed by atoms with van der Waals surface area (Å²) >= 11 is 1.66. The molecule has 1 heterocycles. The highest BCUT2D eigenvalue weighted by molar-refractivity contribution is 7.99. The zero-order valence-electron chi connectivity index (χ0n) is 3.35. The van der Waals surface area contributed by atoms with Gasteiger partial charge in [0, 0.05) is 0 Å². The van der Waals surface area contributed by atoms with E-state index in [4.69, 9.17) is 0 Å². The van der Waals surface area contributed by atoms with Crippen LogP contribution < -0.4 is 5.26 Å². The molecule has 0 saturated carbocycles. The van der Waals surface area contributed by atoms with E-state index in [0.29, 0.717) is 12.5 Å². The van der Waals surface area contributed by atoms with Crippen molar-refractivity contribution >= 4 is 11.8 Å². The molecule has 3 heteroatoms. The van der Waals surface area contributed by atoms with Crippen molar-refractivity contribution in [2.45, 2.75) is 0 Å². The number of hydrogen-bond acceptors (Lipinski definition) is 2. The summed E-state index contributed by atoms with van der Waals surface area (Å²) in [4.78, 5) is 0. The smallest absolute Gasteiger partial charge is 0.199 e. The minimum absolute atomic E-state index is 0.597. The van der Waals surface area contributed by atoms with Crippen LogP contribution in [0.2, 0.25) is 0 Å². The third-order valence-corrected chi connectivity index (χ3v) is 1.56. The summed E-state index contributed by atoms with van der Waals surface area (Å²) in [5.41, 5.74) is 0. The summed E-state index contributed by atoms with van der Waals surface area (Å²) in [6.07, 6.45) is 0. The quantitative estimate of drug-likeness (QED) is 0.308. The second kappa shape index (κ2) is 1.82. The van der Waals surface area contributed by atoms with Crippen LogP contribution in [0, 0.1) is 0 Å². The Labute approximate surface area is 40.7 Å². The minimum atomic E-state index is 0.597. The predicted molar refractivity (Wildman–Crippen MR) is 23.3 cm³/mol. The highest BCUT2D eigenvalue weighted by Gasteiger charge is 2.07. The summed E-state index contributed by atoms with van der Waals surface area (Å²) in [7, 11) is 0. The Kier molecular flexibility index (Phi) is 1.34. The van der Waals surface area contributed by atoms with Gasteiger partial charge in [0.15, 0.2) is 12.5 Å². The van der Waals surface area contributed by atoms with E-state index in [9.17, 15) is 5.26 Å². The van der Waals surface area contributed by atoms with Crippen molar-refractivity contribution < 1.29 is 9.78 Å². The molecule has 0 spiro atoms. The second-order valence-corrected chi connectivity index (χ2v) is 2.22. The van der Waals surface area contributed by atoms with Gasteiger partial charge in [-0.05, 0) is 0 Å². The highest BCUT2D eigenvalue weighted by atomic mass is 32.2. The lowest BCUT2D eigenvalue weighted by molar-refractivity contribution is -0.784.